The Morgan fingerprint density at radius 2 is 2.05 bits per heavy atom. The molecule has 2 N–H and O–H groups in total. The molecule has 0 bridgehead atoms. The number of nitrogens with zero attached hydrogens (tertiary/aromatic N) is 1. The van der Waals surface area contributed by atoms with Gasteiger partial charge < -0.3 is 15.3 Å². The molecule has 104 valence electrons. The standard InChI is InChI=1S/C13H17BrN2O3/c1-8(2)16(7-12(17)18)13(19)15-10-5-4-9(3)11(14)6-10/h4-6,8H,7H2,1-3H3,(H,15,19)(H,17,18). The molecule has 0 aromatic heterocycles. The van der Waals surface area contributed by atoms with Crippen molar-refractivity contribution < 1.29 is 14.7 Å². The average Bonchev–Trinajstić information content (AvgIpc) is 2.30. The number of carbonyl (C=O) groups excluding carboxylic acids is 1. The van der Waals surface area contributed by atoms with Crippen molar-refractivity contribution in [2.45, 2.75) is 26.8 Å². The zero-order chi connectivity index (χ0) is 14.6. The van der Waals surface area contributed by atoms with Gasteiger partial charge in [0.1, 0.15) is 6.54 Å². The number of carbonyl (C=O) groups is 2. The summed E-state index contributed by atoms with van der Waals surface area (Å²) < 4.78 is 0.889. The van der Waals surface area contributed by atoms with E-state index in [0.717, 1.165) is 10.0 Å². The van der Waals surface area contributed by atoms with E-state index in [-0.39, 0.29) is 12.6 Å². The highest BCUT2D eigenvalue weighted by Crippen LogP contribution is 2.21. The lowest BCUT2D eigenvalue weighted by atomic mass is 10.2. The van der Waals surface area contributed by atoms with E-state index in [1.165, 1.54) is 4.90 Å². The summed E-state index contributed by atoms with van der Waals surface area (Å²) in [4.78, 5) is 24.0. The zero-order valence-electron chi connectivity index (χ0n) is 11.1. The number of urea groups is 1. The second-order valence-electron chi connectivity index (χ2n) is 4.51. The number of amides is 2. The van der Waals surface area contributed by atoms with E-state index in [1.807, 2.05) is 13.0 Å². The Bertz CT molecular complexity index is 489. The summed E-state index contributed by atoms with van der Waals surface area (Å²) in [7, 11) is 0. The van der Waals surface area contributed by atoms with Gasteiger partial charge >= 0.3 is 12.0 Å². The monoisotopic (exact) mass is 328 g/mol. The predicted octanol–water partition coefficient (Wildman–Crippen LogP) is 3.08. The van der Waals surface area contributed by atoms with Gasteiger partial charge in [0.25, 0.3) is 0 Å². The number of halogens is 1. The highest BCUT2D eigenvalue weighted by atomic mass is 79.9. The normalized spacial score (nSPS) is 10.4. The van der Waals surface area contributed by atoms with Gasteiger partial charge in [-0.25, -0.2) is 4.79 Å². The lowest BCUT2D eigenvalue weighted by molar-refractivity contribution is -0.137. The molecule has 6 heteroatoms. The van der Waals surface area contributed by atoms with Gasteiger partial charge in [-0.3, -0.25) is 4.79 Å². The van der Waals surface area contributed by atoms with Gasteiger partial charge in [-0.05, 0) is 38.5 Å². The summed E-state index contributed by atoms with van der Waals surface area (Å²) in [6.45, 7) is 5.16. The smallest absolute Gasteiger partial charge is 0.323 e. The van der Waals surface area contributed by atoms with Gasteiger partial charge in [0.2, 0.25) is 0 Å². The van der Waals surface area contributed by atoms with Gasteiger partial charge in [0, 0.05) is 16.2 Å². The van der Waals surface area contributed by atoms with Crippen molar-refractivity contribution in [3.05, 3.63) is 28.2 Å². The molecule has 0 atom stereocenters. The maximum absolute atomic E-state index is 12.0. The van der Waals surface area contributed by atoms with E-state index in [2.05, 4.69) is 21.2 Å². The average molecular weight is 329 g/mol. The molecule has 0 saturated carbocycles. The van der Waals surface area contributed by atoms with Crippen LogP contribution in [0.4, 0.5) is 10.5 Å². The molecule has 5 nitrogen and oxygen atoms in total. The lowest BCUT2D eigenvalue weighted by Gasteiger charge is -2.25. The number of hydrogen-bond donors (Lipinski definition) is 2. The molecule has 0 saturated heterocycles. The van der Waals surface area contributed by atoms with Gasteiger partial charge in [0.05, 0.1) is 0 Å². The van der Waals surface area contributed by atoms with Gasteiger partial charge in [-0.2, -0.15) is 0 Å². The second kappa shape index (κ2) is 6.56. The van der Waals surface area contributed by atoms with Crippen LogP contribution in [0, 0.1) is 6.92 Å². The van der Waals surface area contributed by atoms with Crippen LogP contribution in [0.1, 0.15) is 19.4 Å². The van der Waals surface area contributed by atoms with E-state index in [4.69, 9.17) is 5.11 Å². The summed E-state index contributed by atoms with van der Waals surface area (Å²) >= 11 is 3.38. The fraction of sp³-hybridized carbons (Fsp3) is 0.385. The Morgan fingerprint density at radius 1 is 1.42 bits per heavy atom. The van der Waals surface area contributed by atoms with Crippen LogP contribution in [-0.2, 0) is 4.79 Å². The van der Waals surface area contributed by atoms with E-state index in [0.29, 0.717) is 5.69 Å². The SMILES string of the molecule is Cc1ccc(NC(=O)N(CC(=O)O)C(C)C)cc1Br. The van der Waals surface area contributed by atoms with E-state index in [9.17, 15) is 9.59 Å². The number of benzene rings is 1. The molecule has 0 aliphatic heterocycles. The second-order valence-corrected chi connectivity index (χ2v) is 5.36. The van der Waals surface area contributed by atoms with E-state index >= 15 is 0 Å². The van der Waals surface area contributed by atoms with Crippen molar-refractivity contribution in [1.82, 2.24) is 4.90 Å². The van der Waals surface area contributed by atoms with Crippen molar-refractivity contribution in [3.8, 4) is 0 Å². The largest absolute Gasteiger partial charge is 0.480 e. The third-order valence-electron chi connectivity index (χ3n) is 2.61. The van der Waals surface area contributed by atoms with E-state index in [1.54, 1.807) is 26.0 Å². The molecular weight excluding hydrogens is 312 g/mol. The van der Waals surface area contributed by atoms with Crippen LogP contribution in [0.25, 0.3) is 0 Å². The molecule has 0 aliphatic carbocycles. The topological polar surface area (TPSA) is 69.6 Å². The van der Waals surface area contributed by atoms with Crippen molar-refractivity contribution in [2.75, 3.05) is 11.9 Å². The summed E-state index contributed by atoms with van der Waals surface area (Å²) in [6, 6.07) is 4.82. The molecule has 1 rings (SSSR count). The first-order valence-corrected chi connectivity index (χ1v) is 6.66. The van der Waals surface area contributed by atoms with Crippen LogP contribution >= 0.6 is 15.9 Å². The summed E-state index contributed by atoms with van der Waals surface area (Å²) in [5, 5.41) is 11.5. The van der Waals surface area contributed by atoms with Gasteiger partial charge in [-0.1, -0.05) is 22.0 Å². The van der Waals surface area contributed by atoms with Gasteiger partial charge in [-0.15, -0.1) is 0 Å². The molecule has 0 unspecified atom stereocenters. The lowest BCUT2D eigenvalue weighted by Crippen LogP contribution is -2.43. The number of carboxylic acid groups (broad SMARTS) is 1. The number of aliphatic carboxylic acids is 1. The molecule has 1 aromatic carbocycles. The number of anilines is 1. The number of rotatable bonds is 4. The Kier molecular flexibility index (Phi) is 5.35. The van der Waals surface area contributed by atoms with Crippen molar-refractivity contribution >= 4 is 33.6 Å². The third-order valence-corrected chi connectivity index (χ3v) is 3.47. The van der Waals surface area contributed by atoms with Gasteiger partial charge in [0.15, 0.2) is 0 Å². The first kappa shape index (κ1) is 15.5. The maximum atomic E-state index is 12.0. The third kappa shape index (κ3) is 4.55. The molecule has 2 amide bonds. The summed E-state index contributed by atoms with van der Waals surface area (Å²) in [5.41, 5.74) is 1.68. The molecule has 0 aliphatic rings. The van der Waals surface area contributed by atoms with Crippen molar-refractivity contribution in [2.24, 2.45) is 0 Å². The minimum atomic E-state index is -1.03. The molecule has 0 fully saturated rings. The quantitative estimate of drug-likeness (QED) is 0.892. The summed E-state index contributed by atoms with van der Waals surface area (Å²) in [5.74, 6) is -1.03. The molecule has 19 heavy (non-hydrogen) atoms. The molecular formula is C13H17BrN2O3. The van der Waals surface area contributed by atoms with Crippen molar-refractivity contribution in [3.63, 3.8) is 0 Å². The first-order chi connectivity index (χ1) is 8.81. The highest BCUT2D eigenvalue weighted by molar-refractivity contribution is 9.10. The number of nitrogens with one attached hydrogen (secondary N) is 1. The minimum Gasteiger partial charge on any atom is -0.480 e. The fourth-order valence-electron chi connectivity index (χ4n) is 1.50. The molecule has 0 heterocycles. The number of carboxylic acids is 1. The van der Waals surface area contributed by atoms with Crippen LogP contribution in [0.15, 0.2) is 22.7 Å². The number of hydrogen-bond acceptors (Lipinski definition) is 2. The predicted molar refractivity (Wildman–Crippen MR) is 77.4 cm³/mol. The van der Waals surface area contributed by atoms with Crippen LogP contribution in [-0.4, -0.2) is 34.6 Å². The number of aryl methyl sites for hydroxylation is 1. The maximum Gasteiger partial charge on any atom is 0.323 e. The van der Waals surface area contributed by atoms with Crippen LogP contribution in [0.2, 0.25) is 0 Å². The fourth-order valence-corrected chi connectivity index (χ4v) is 1.88. The Balaban J connectivity index is 2.81. The van der Waals surface area contributed by atoms with Crippen LogP contribution in [0.3, 0.4) is 0 Å². The Hall–Kier alpha value is -1.56. The van der Waals surface area contributed by atoms with Crippen LogP contribution in [0.5, 0.6) is 0 Å². The van der Waals surface area contributed by atoms with Crippen LogP contribution < -0.4 is 5.32 Å². The zero-order valence-corrected chi connectivity index (χ0v) is 12.7. The minimum absolute atomic E-state index is 0.190. The van der Waals surface area contributed by atoms with E-state index < -0.39 is 12.0 Å². The van der Waals surface area contributed by atoms with Crippen molar-refractivity contribution in [1.29, 1.82) is 0 Å². The Labute approximate surface area is 120 Å². The summed E-state index contributed by atoms with van der Waals surface area (Å²) in [6.07, 6.45) is 0. The molecule has 0 radical (unpaired) electrons. The molecule has 0 spiro atoms. The molecule has 1 aromatic rings. The first-order valence-electron chi connectivity index (χ1n) is 5.87. The Morgan fingerprint density at radius 3 is 2.53 bits per heavy atom. The highest BCUT2D eigenvalue weighted by Gasteiger charge is 2.19.